The number of hydrogen-bond acceptors (Lipinski definition) is 6. The van der Waals surface area contributed by atoms with Gasteiger partial charge in [0.15, 0.2) is 0 Å². The second-order valence-corrected chi connectivity index (χ2v) is 9.06. The zero-order chi connectivity index (χ0) is 22.2. The van der Waals surface area contributed by atoms with E-state index in [1.165, 1.54) is 11.8 Å². The number of aromatic nitrogens is 3. The van der Waals surface area contributed by atoms with E-state index >= 15 is 0 Å². The van der Waals surface area contributed by atoms with Crippen molar-refractivity contribution in [1.82, 2.24) is 15.2 Å². The monoisotopic (exact) mass is 437 g/mol. The predicted octanol–water partition coefficient (Wildman–Crippen LogP) is 4.12. The number of carbonyl (C=O) groups excluding carboxylic acids is 2. The van der Waals surface area contributed by atoms with Gasteiger partial charge in [0.2, 0.25) is 17.0 Å². The number of thioether (sulfide) groups is 1. The van der Waals surface area contributed by atoms with Crippen LogP contribution in [-0.4, -0.2) is 37.8 Å². The molecule has 1 atom stereocenters. The highest BCUT2D eigenvalue weighted by molar-refractivity contribution is 8.00. The molecule has 2 amide bonds. The lowest BCUT2D eigenvalue weighted by molar-refractivity contribution is -0.126. The van der Waals surface area contributed by atoms with Gasteiger partial charge in [-0.3, -0.25) is 19.6 Å². The Balaban J connectivity index is 1.51. The molecule has 2 aromatic heterocycles. The third kappa shape index (κ3) is 4.13. The van der Waals surface area contributed by atoms with Crippen molar-refractivity contribution in [3.8, 4) is 0 Å². The number of anilines is 2. The van der Waals surface area contributed by atoms with E-state index in [4.69, 9.17) is 4.42 Å². The van der Waals surface area contributed by atoms with Crippen LogP contribution in [0.2, 0.25) is 0 Å². The standard InChI is InChI=1S/C22H23N5O3S/c1-13-9-10-15(30-13)11-12-18-24-21(26-25-18)31-14(2)19(28)27-17-8-6-5-7-16(17)23-20(29)22(27,3)4/h5-12,14H,1-4H3,(H,23,29)(H,24,25,26)/b12-11+. The van der Waals surface area contributed by atoms with Crippen LogP contribution in [0.25, 0.3) is 12.2 Å². The summed E-state index contributed by atoms with van der Waals surface area (Å²) < 4.78 is 5.50. The first kappa shape index (κ1) is 20.9. The van der Waals surface area contributed by atoms with E-state index in [1.807, 2.05) is 37.3 Å². The summed E-state index contributed by atoms with van der Waals surface area (Å²) in [7, 11) is 0. The molecule has 9 heteroatoms. The molecule has 1 unspecified atom stereocenters. The number of nitrogens with one attached hydrogen (secondary N) is 2. The number of aromatic amines is 1. The molecule has 0 fully saturated rings. The number of rotatable bonds is 5. The molecule has 1 aromatic carbocycles. The number of nitrogens with zero attached hydrogens (tertiary/aromatic N) is 3. The third-order valence-corrected chi connectivity index (χ3v) is 5.96. The van der Waals surface area contributed by atoms with Crippen LogP contribution in [-0.2, 0) is 9.59 Å². The normalized spacial score (nSPS) is 16.3. The summed E-state index contributed by atoms with van der Waals surface area (Å²) in [5.74, 6) is 1.69. The van der Waals surface area contributed by atoms with Crippen LogP contribution in [0.5, 0.6) is 0 Å². The number of carbonyl (C=O) groups is 2. The lowest BCUT2D eigenvalue weighted by atomic mass is 9.96. The first-order valence-corrected chi connectivity index (χ1v) is 10.7. The zero-order valence-corrected chi connectivity index (χ0v) is 18.5. The number of hydrogen-bond donors (Lipinski definition) is 2. The van der Waals surface area contributed by atoms with Crippen LogP contribution in [0.4, 0.5) is 11.4 Å². The lowest BCUT2D eigenvalue weighted by Gasteiger charge is -2.42. The zero-order valence-electron chi connectivity index (χ0n) is 17.7. The fourth-order valence-electron chi connectivity index (χ4n) is 3.33. The predicted molar refractivity (Wildman–Crippen MR) is 121 cm³/mol. The SMILES string of the molecule is Cc1ccc(/C=C/c2nc(SC(C)C(=O)N3c4ccccc4NC(=O)C3(C)C)n[nH]2)o1. The topological polar surface area (TPSA) is 104 Å². The van der Waals surface area contributed by atoms with Gasteiger partial charge in [0.1, 0.15) is 22.9 Å². The van der Waals surface area contributed by atoms with Gasteiger partial charge in [0.05, 0.1) is 16.6 Å². The molecule has 2 N–H and O–H groups in total. The Bertz CT molecular complexity index is 1160. The molecule has 3 aromatic rings. The van der Waals surface area contributed by atoms with Crippen molar-refractivity contribution in [2.75, 3.05) is 10.2 Å². The Morgan fingerprint density at radius 2 is 2.00 bits per heavy atom. The summed E-state index contributed by atoms with van der Waals surface area (Å²) in [4.78, 5) is 32.0. The summed E-state index contributed by atoms with van der Waals surface area (Å²) in [6, 6.07) is 11.0. The second kappa shape index (κ2) is 8.07. The third-order valence-electron chi connectivity index (χ3n) is 5.01. The van der Waals surface area contributed by atoms with Crippen molar-refractivity contribution in [3.63, 3.8) is 0 Å². The van der Waals surface area contributed by atoms with Gasteiger partial charge in [-0.25, -0.2) is 4.98 Å². The van der Waals surface area contributed by atoms with Gasteiger partial charge in [-0.1, -0.05) is 23.9 Å². The number of para-hydroxylation sites is 2. The highest BCUT2D eigenvalue weighted by Crippen LogP contribution is 2.38. The van der Waals surface area contributed by atoms with Crippen molar-refractivity contribution in [2.45, 2.75) is 43.6 Å². The van der Waals surface area contributed by atoms with Crippen LogP contribution in [0.1, 0.15) is 38.1 Å². The quantitative estimate of drug-likeness (QED) is 0.582. The largest absolute Gasteiger partial charge is 0.462 e. The van der Waals surface area contributed by atoms with Crippen molar-refractivity contribution in [1.29, 1.82) is 0 Å². The fourth-order valence-corrected chi connectivity index (χ4v) is 4.10. The minimum atomic E-state index is -1.02. The first-order valence-electron chi connectivity index (χ1n) is 9.84. The Hall–Kier alpha value is -3.33. The molecule has 0 saturated carbocycles. The molecule has 0 aliphatic carbocycles. The summed E-state index contributed by atoms with van der Waals surface area (Å²) in [6.45, 7) is 7.14. The van der Waals surface area contributed by atoms with Gasteiger partial charge in [0, 0.05) is 0 Å². The van der Waals surface area contributed by atoms with E-state index in [2.05, 4.69) is 20.5 Å². The molecule has 0 radical (unpaired) electrons. The number of aryl methyl sites for hydroxylation is 1. The van der Waals surface area contributed by atoms with Crippen molar-refractivity contribution >= 4 is 47.1 Å². The van der Waals surface area contributed by atoms with E-state index in [-0.39, 0.29) is 11.8 Å². The van der Waals surface area contributed by atoms with Crippen LogP contribution in [0.3, 0.4) is 0 Å². The maximum absolute atomic E-state index is 13.4. The van der Waals surface area contributed by atoms with E-state index < -0.39 is 10.8 Å². The fraction of sp³-hybridized carbons (Fsp3) is 0.273. The van der Waals surface area contributed by atoms with E-state index in [0.29, 0.717) is 22.4 Å². The maximum atomic E-state index is 13.4. The second-order valence-electron chi connectivity index (χ2n) is 7.75. The number of fused-ring (bicyclic) bond motifs is 1. The summed E-state index contributed by atoms with van der Waals surface area (Å²) >= 11 is 1.23. The average molecular weight is 438 g/mol. The Labute approximate surface area is 184 Å². The van der Waals surface area contributed by atoms with Crippen molar-refractivity contribution in [2.24, 2.45) is 0 Å². The van der Waals surface area contributed by atoms with Crippen LogP contribution in [0.15, 0.2) is 46.0 Å². The van der Waals surface area contributed by atoms with Gasteiger partial charge in [-0.05, 0) is 64.1 Å². The van der Waals surface area contributed by atoms with E-state index in [0.717, 1.165) is 11.5 Å². The molecular weight excluding hydrogens is 414 g/mol. The molecule has 1 aliphatic rings. The lowest BCUT2D eigenvalue weighted by Crippen LogP contribution is -2.60. The van der Waals surface area contributed by atoms with Gasteiger partial charge in [0.25, 0.3) is 0 Å². The number of amides is 2. The van der Waals surface area contributed by atoms with Crippen molar-refractivity contribution < 1.29 is 14.0 Å². The van der Waals surface area contributed by atoms with E-state index in [1.54, 1.807) is 43.9 Å². The molecule has 160 valence electrons. The molecule has 4 rings (SSSR count). The number of benzene rings is 1. The minimum Gasteiger partial charge on any atom is -0.462 e. The van der Waals surface area contributed by atoms with Crippen molar-refractivity contribution in [3.05, 3.63) is 53.7 Å². The van der Waals surface area contributed by atoms with Gasteiger partial charge in [-0.2, -0.15) is 0 Å². The Kier molecular flexibility index (Phi) is 5.45. The average Bonchev–Trinajstić information content (AvgIpc) is 3.35. The van der Waals surface area contributed by atoms with Gasteiger partial charge in [-0.15, -0.1) is 5.10 Å². The first-order chi connectivity index (χ1) is 14.8. The Morgan fingerprint density at radius 1 is 1.23 bits per heavy atom. The van der Waals surface area contributed by atoms with E-state index in [9.17, 15) is 9.59 Å². The molecule has 1 aliphatic heterocycles. The molecule has 0 bridgehead atoms. The Morgan fingerprint density at radius 3 is 2.74 bits per heavy atom. The number of H-pyrrole nitrogens is 1. The minimum absolute atomic E-state index is 0.190. The molecule has 8 nitrogen and oxygen atoms in total. The summed E-state index contributed by atoms with van der Waals surface area (Å²) in [5, 5.41) is 9.86. The maximum Gasteiger partial charge on any atom is 0.250 e. The molecular formula is C22H23N5O3S. The van der Waals surface area contributed by atoms with Crippen LogP contribution < -0.4 is 10.2 Å². The molecule has 3 heterocycles. The summed E-state index contributed by atoms with van der Waals surface area (Å²) in [5.41, 5.74) is 0.279. The smallest absolute Gasteiger partial charge is 0.250 e. The molecule has 31 heavy (non-hydrogen) atoms. The van der Waals surface area contributed by atoms with Crippen LogP contribution in [0, 0.1) is 6.92 Å². The number of furan rings is 1. The summed E-state index contributed by atoms with van der Waals surface area (Å²) in [6.07, 6.45) is 3.55. The van der Waals surface area contributed by atoms with Crippen LogP contribution >= 0.6 is 11.8 Å². The van der Waals surface area contributed by atoms with Gasteiger partial charge >= 0.3 is 0 Å². The van der Waals surface area contributed by atoms with Gasteiger partial charge < -0.3 is 9.73 Å². The molecule has 0 spiro atoms. The highest BCUT2D eigenvalue weighted by atomic mass is 32.2. The highest BCUT2D eigenvalue weighted by Gasteiger charge is 2.44. The molecule has 0 saturated heterocycles.